The summed E-state index contributed by atoms with van der Waals surface area (Å²) in [6.07, 6.45) is 0. The van der Waals surface area contributed by atoms with Crippen molar-refractivity contribution in [3.63, 3.8) is 0 Å². The first-order valence-electron chi connectivity index (χ1n) is 4.32. The summed E-state index contributed by atoms with van der Waals surface area (Å²) in [6, 6.07) is 6.67. The van der Waals surface area contributed by atoms with Crippen molar-refractivity contribution in [1.29, 1.82) is 0 Å². The van der Waals surface area contributed by atoms with Gasteiger partial charge in [-0.15, -0.1) is 0 Å². The maximum Gasteiger partial charge on any atom is 0.264 e. The standard InChI is InChI=1S/C10H9ClN2O2/c1-15-9-3-2-6(11)4-7(9)8-5-10(14)13-12-8/h2-5H,1H3,(H2,12,13,14). The van der Waals surface area contributed by atoms with Crippen LogP contribution in [0.5, 0.6) is 5.75 Å². The van der Waals surface area contributed by atoms with Gasteiger partial charge in [0, 0.05) is 16.7 Å². The Morgan fingerprint density at radius 3 is 2.67 bits per heavy atom. The highest BCUT2D eigenvalue weighted by Crippen LogP contribution is 2.30. The molecule has 0 aliphatic heterocycles. The highest BCUT2D eigenvalue weighted by molar-refractivity contribution is 6.30. The van der Waals surface area contributed by atoms with Gasteiger partial charge in [-0.1, -0.05) is 11.6 Å². The van der Waals surface area contributed by atoms with Gasteiger partial charge >= 0.3 is 0 Å². The fourth-order valence-electron chi connectivity index (χ4n) is 1.37. The molecule has 0 saturated heterocycles. The first kappa shape index (κ1) is 9.86. The molecule has 2 N–H and O–H groups in total. The lowest BCUT2D eigenvalue weighted by atomic mass is 10.1. The predicted molar refractivity (Wildman–Crippen MR) is 58.4 cm³/mol. The van der Waals surface area contributed by atoms with Crippen LogP contribution in [0.25, 0.3) is 11.3 Å². The molecule has 2 aromatic rings. The molecule has 0 aliphatic rings. The SMILES string of the molecule is COc1ccc(Cl)cc1-c1cc(=O)[nH][nH]1. The van der Waals surface area contributed by atoms with Gasteiger partial charge in [-0.2, -0.15) is 0 Å². The van der Waals surface area contributed by atoms with E-state index in [0.717, 1.165) is 5.56 Å². The van der Waals surface area contributed by atoms with Crippen molar-refractivity contribution in [1.82, 2.24) is 10.2 Å². The molecule has 1 aromatic heterocycles. The van der Waals surface area contributed by atoms with E-state index in [1.165, 1.54) is 6.07 Å². The Morgan fingerprint density at radius 2 is 2.07 bits per heavy atom. The van der Waals surface area contributed by atoms with Gasteiger partial charge in [0.2, 0.25) is 0 Å². The second kappa shape index (κ2) is 3.82. The second-order valence-electron chi connectivity index (χ2n) is 3.02. The fraction of sp³-hybridized carbons (Fsp3) is 0.100. The number of benzene rings is 1. The van der Waals surface area contributed by atoms with E-state index >= 15 is 0 Å². The Bertz CT molecular complexity index is 530. The third-order valence-corrected chi connectivity index (χ3v) is 2.28. The Balaban J connectivity index is 2.59. The molecule has 0 radical (unpaired) electrons. The predicted octanol–water partition coefficient (Wildman–Crippen LogP) is 2.03. The molecule has 0 spiro atoms. The number of hydrogen-bond acceptors (Lipinski definition) is 2. The molecule has 0 bridgehead atoms. The number of rotatable bonds is 2. The zero-order valence-corrected chi connectivity index (χ0v) is 8.76. The van der Waals surface area contributed by atoms with E-state index < -0.39 is 0 Å². The van der Waals surface area contributed by atoms with E-state index in [9.17, 15) is 4.79 Å². The maximum atomic E-state index is 11.0. The molecule has 0 aliphatic carbocycles. The van der Waals surface area contributed by atoms with Crippen molar-refractivity contribution in [2.45, 2.75) is 0 Å². The van der Waals surface area contributed by atoms with E-state index in [1.54, 1.807) is 25.3 Å². The summed E-state index contributed by atoms with van der Waals surface area (Å²) in [7, 11) is 1.57. The van der Waals surface area contributed by atoms with Crippen LogP contribution in [0, 0.1) is 0 Å². The van der Waals surface area contributed by atoms with Crippen LogP contribution in [0.3, 0.4) is 0 Å². The van der Waals surface area contributed by atoms with Crippen molar-refractivity contribution in [2.75, 3.05) is 7.11 Å². The van der Waals surface area contributed by atoms with E-state index in [1.807, 2.05) is 0 Å². The number of methoxy groups -OCH3 is 1. The lowest BCUT2D eigenvalue weighted by Crippen LogP contribution is -1.93. The maximum absolute atomic E-state index is 11.0. The molecule has 0 fully saturated rings. The first-order chi connectivity index (χ1) is 7.20. The molecular formula is C10H9ClN2O2. The van der Waals surface area contributed by atoms with Crippen LogP contribution in [0.15, 0.2) is 29.1 Å². The molecule has 15 heavy (non-hydrogen) atoms. The Hall–Kier alpha value is -1.68. The largest absolute Gasteiger partial charge is 0.496 e. The van der Waals surface area contributed by atoms with Gasteiger partial charge in [-0.05, 0) is 18.2 Å². The minimum Gasteiger partial charge on any atom is -0.496 e. The molecule has 2 rings (SSSR count). The quantitative estimate of drug-likeness (QED) is 0.820. The van der Waals surface area contributed by atoms with Crippen LogP contribution >= 0.6 is 11.6 Å². The normalized spacial score (nSPS) is 10.3. The minimum atomic E-state index is -0.188. The first-order valence-corrected chi connectivity index (χ1v) is 4.70. The number of halogens is 1. The van der Waals surface area contributed by atoms with Crippen LogP contribution < -0.4 is 10.3 Å². The molecule has 1 heterocycles. The summed E-state index contributed by atoms with van der Waals surface area (Å²) >= 11 is 5.87. The second-order valence-corrected chi connectivity index (χ2v) is 3.45. The van der Waals surface area contributed by atoms with Crippen molar-refractivity contribution in [2.24, 2.45) is 0 Å². The van der Waals surface area contributed by atoms with E-state index in [-0.39, 0.29) is 5.56 Å². The molecular weight excluding hydrogens is 216 g/mol. The Labute approximate surface area is 90.8 Å². The lowest BCUT2D eigenvalue weighted by molar-refractivity contribution is 0.416. The molecule has 1 aromatic carbocycles. The summed E-state index contributed by atoms with van der Waals surface area (Å²) in [6.45, 7) is 0. The lowest BCUT2D eigenvalue weighted by Gasteiger charge is -2.06. The number of nitrogens with one attached hydrogen (secondary N) is 2. The number of ether oxygens (including phenoxy) is 1. The third kappa shape index (κ3) is 1.89. The third-order valence-electron chi connectivity index (χ3n) is 2.05. The van der Waals surface area contributed by atoms with E-state index in [0.29, 0.717) is 16.5 Å². The number of H-pyrrole nitrogens is 2. The van der Waals surface area contributed by atoms with Gasteiger partial charge in [0.1, 0.15) is 5.75 Å². The van der Waals surface area contributed by atoms with Crippen LogP contribution in [-0.2, 0) is 0 Å². The Morgan fingerprint density at radius 1 is 1.27 bits per heavy atom. The summed E-state index contributed by atoms with van der Waals surface area (Å²) in [5, 5.41) is 5.80. The topological polar surface area (TPSA) is 57.9 Å². The summed E-state index contributed by atoms with van der Waals surface area (Å²) in [5.74, 6) is 0.662. The number of hydrogen-bond donors (Lipinski definition) is 2. The van der Waals surface area contributed by atoms with Gasteiger partial charge in [0.05, 0.1) is 12.8 Å². The summed E-state index contributed by atoms with van der Waals surface area (Å²) in [5.41, 5.74) is 1.22. The molecule has 5 heteroatoms. The van der Waals surface area contributed by atoms with E-state index in [2.05, 4.69) is 10.2 Å². The van der Waals surface area contributed by atoms with Crippen LogP contribution in [0.1, 0.15) is 0 Å². The minimum absolute atomic E-state index is 0.188. The van der Waals surface area contributed by atoms with Crippen LogP contribution in [-0.4, -0.2) is 17.3 Å². The van der Waals surface area contributed by atoms with E-state index in [4.69, 9.17) is 16.3 Å². The van der Waals surface area contributed by atoms with Crippen molar-refractivity contribution in [3.05, 3.63) is 39.6 Å². The molecule has 0 atom stereocenters. The number of aromatic nitrogens is 2. The molecule has 0 saturated carbocycles. The van der Waals surface area contributed by atoms with Gasteiger partial charge < -0.3 is 4.74 Å². The Kier molecular flexibility index (Phi) is 2.51. The van der Waals surface area contributed by atoms with Crippen molar-refractivity contribution in [3.8, 4) is 17.0 Å². The van der Waals surface area contributed by atoms with Crippen LogP contribution in [0.2, 0.25) is 5.02 Å². The van der Waals surface area contributed by atoms with Gasteiger partial charge in [0.15, 0.2) is 0 Å². The summed E-state index contributed by atoms with van der Waals surface area (Å²) in [4.78, 5) is 11.0. The van der Waals surface area contributed by atoms with Crippen molar-refractivity contribution < 1.29 is 4.74 Å². The van der Waals surface area contributed by atoms with Gasteiger partial charge in [0.25, 0.3) is 5.56 Å². The molecule has 0 amide bonds. The monoisotopic (exact) mass is 224 g/mol. The van der Waals surface area contributed by atoms with Crippen LogP contribution in [0.4, 0.5) is 0 Å². The smallest absolute Gasteiger partial charge is 0.264 e. The average molecular weight is 225 g/mol. The van der Waals surface area contributed by atoms with Gasteiger partial charge in [-0.25, -0.2) is 0 Å². The zero-order valence-electron chi connectivity index (χ0n) is 8.00. The molecule has 78 valence electrons. The summed E-state index contributed by atoms with van der Waals surface area (Å²) < 4.78 is 5.17. The highest BCUT2D eigenvalue weighted by Gasteiger charge is 2.08. The van der Waals surface area contributed by atoms with Crippen molar-refractivity contribution >= 4 is 11.6 Å². The highest BCUT2D eigenvalue weighted by atomic mass is 35.5. The fourth-order valence-corrected chi connectivity index (χ4v) is 1.54. The molecule has 4 nitrogen and oxygen atoms in total. The molecule has 0 unspecified atom stereocenters. The number of aromatic amines is 2. The average Bonchev–Trinajstić information content (AvgIpc) is 2.65. The van der Waals surface area contributed by atoms with Gasteiger partial charge in [-0.3, -0.25) is 15.0 Å². The zero-order chi connectivity index (χ0) is 10.8.